The van der Waals surface area contributed by atoms with Gasteiger partial charge >= 0.3 is 5.97 Å². The lowest BCUT2D eigenvalue weighted by atomic mass is 10.1. The zero-order valence-corrected chi connectivity index (χ0v) is 13.8. The number of ether oxygens (including phenoxy) is 1. The molecule has 7 nitrogen and oxygen atoms in total. The average molecular weight is 336 g/mol. The molecule has 0 unspecified atom stereocenters. The summed E-state index contributed by atoms with van der Waals surface area (Å²) in [7, 11) is 1.28. The Morgan fingerprint density at radius 2 is 1.84 bits per heavy atom. The molecule has 3 rings (SSSR count). The van der Waals surface area contributed by atoms with Gasteiger partial charge in [-0.3, -0.25) is 9.36 Å². The number of methoxy groups -OCH3 is 1. The van der Waals surface area contributed by atoms with Gasteiger partial charge < -0.3 is 10.1 Å². The molecule has 0 bridgehead atoms. The molecular weight excluding hydrogens is 320 g/mol. The summed E-state index contributed by atoms with van der Waals surface area (Å²) in [4.78, 5) is 32.7. The van der Waals surface area contributed by atoms with Crippen molar-refractivity contribution in [2.45, 2.75) is 6.92 Å². The van der Waals surface area contributed by atoms with Crippen LogP contribution in [0.1, 0.15) is 26.5 Å². The van der Waals surface area contributed by atoms with Crippen LogP contribution in [0.3, 0.4) is 0 Å². The van der Waals surface area contributed by atoms with Crippen molar-refractivity contribution in [3.63, 3.8) is 0 Å². The SMILES string of the molecule is COC(=O)c1ccccc1C(=O)Nc1ccc(-n2ccnc2C)nc1. The lowest BCUT2D eigenvalue weighted by Crippen LogP contribution is -2.17. The summed E-state index contributed by atoms with van der Waals surface area (Å²) in [6, 6.07) is 9.98. The van der Waals surface area contributed by atoms with Gasteiger partial charge in [0.05, 0.1) is 30.1 Å². The predicted molar refractivity (Wildman–Crippen MR) is 91.8 cm³/mol. The smallest absolute Gasteiger partial charge is 0.338 e. The normalized spacial score (nSPS) is 10.3. The molecule has 7 heteroatoms. The molecule has 0 radical (unpaired) electrons. The van der Waals surface area contributed by atoms with Crippen molar-refractivity contribution in [3.8, 4) is 5.82 Å². The third kappa shape index (κ3) is 3.40. The summed E-state index contributed by atoms with van der Waals surface area (Å²) < 4.78 is 6.54. The standard InChI is InChI=1S/C18H16N4O3/c1-12-19-9-10-22(12)16-8-7-13(11-20-16)21-17(23)14-5-3-4-6-15(14)18(24)25-2/h3-11H,1-2H3,(H,21,23). The molecule has 1 amide bonds. The highest BCUT2D eigenvalue weighted by atomic mass is 16.5. The minimum absolute atomic E-state index is 0.209. The zero-order valence-electron chi connectivity index (χ0n) is 13.8. The highest BCUT2D eigenvalue weighted by molar-refractivity contribution is 6.10. The van der Waals surface area contributed by atoms with Gasteiger partial charge in [-0.1, -0.05) is 12.1 Å². The number of esters is 1. The molecule has 0 saturated carbocycles. The first-order valence-corrected chi connectivity index (χ1v) is 7.55. The van der Waals surface area contributed by atoms with Crippen molar-refractivity contribution in [2.24, 2.45) is 0 Å². The fraction of sp³-hybridized carbons (Fsp3) is 0.111. The Morgan fingerprint density at radius 1 is 1.08 bits per heavy atom. The maximum atomic E-state index is 12.5. The molecule has 0 spiro atoms. The van der Waals surface area contributed by atoms with E-state index in [1.54, 1.807) is 48.8 Å². The van der Waals surface area contributed by atoms with Gasteiger partial charge in [0.2, 0.25) is 0 Å². The monoisotopic (exact) mass is 336 g/mol. The Morgan fingerprint density at radius 3 is 2.44 bits per heavy atom. The van der Waals surface area contributed by atoms with Crippen LogP contribution in [-0.4, -0.2) is 33.5 Å². The molecule has 126 valence electrons. The van der Waals surface area contributed by atoms with Gasteiger partial charge in [-0.2, -0.15) is 0 Å². The summed E-state index contributed by atoms with van der Waals surface area (Å²) in [6.45, 7) is 1.88. The van der Waals surface area contributed by atoms with E-state index in [1.165, 1.54) is 7.11 Å². The number of amides is 1. The third-order valence-electron chi connectivity index (χ3n) is 3.66. The number of hydrogen-bond donors (Lipinski definition) is 1. The fourth-order valence-corrected chi connectivity index (χ4v) is 2.39. The van der Waals surface area contributed by atoms with Crippen LogP contribution >= 0.6 is 0 Å². The lowest BCUT2D eigenvalue weighted by molar-refractivity contribution is 0.0597. The van der Waals surface area contributed by atoms with Crippen molar-refractivity contribution in [1.82, 2.24) is 14.5 Å². The van der Waals surface area contributed by atoms with E-state index < -0.39 is 11.9 Å². The molecule has 25 heavy (non-hydrogen) atoms. The first-order chi connectivity index (χ1) is 12.1. The number of aryl methyl sites for hydroxylation is 1. The molecule has 2 heterocycles. The Hall–Kier alpha value is -3.48. The van der Waals surface area contributed by atoms with Crippen molar-refractivity contribution >= 4 is 17.6 Å². The topological polar surface area (TPSA) is 86.1 Å². The zero-order chi connectivity index (χ0) is 17.8. The number of pyridine rings is 1. The largest absolute Gasteiger partial charge is 0.465 e. The van der Waals surface area contributed by atoms with Crippen molar-refractivity contribution < 1.29 is 14.3 Å². The second-order valence-corrected chi connectivity index (χ2v) is 5.24. The highest BCUT2D eigenvalue weighted by Gasteiger charge is 2.17. The molecule has 1 aromatic carbocycles. The molecule has 0 saturated heterocycles. The van der Waals surface area contributed by atoms with Gasteiger partial charge in [0.15, 0.2) is 0 Å². The number of carbonyl (C=O) groups is 2. The number of nitrogens with zero attached hydrogens (tertiary/aromatic N) is 3. The molecule has 0 aliphatic heterocycles. The quantitative estimate of drug-likeness (QED) is 0.740. The Bertz CT molecular complexity index is 916. The minimum Gasteiger partial charge on any atom is -0.465 e. The van der Waals surface area contributed by atoms with E-state index in [9.17, 15) is 9.59 Å². The Balaban J connectivity index is 1.80. The van der Waals surface area contributed by atoms with Crippen LogP contribution < -0.4 is 5.32 Å². The van der Waals surface area contributed by atoms with Gasteiger partial charge in [0.25, 0.3) is 5.91 Å². The second kappa shape index (κ2) is 6.96. The highest BCUT2D eigenvalue weighted by Crippen LogP contribution is 2.15. The Kier molecular flexibility index (Phi) is 4.56. The van der Waals surface area contributed by atoms with Crippen molar-refractivity contribution in [2.75, 3.05) is 12.4 Å². The van der Waals surface area contributed by atoms with Crippen molar-refractivity contribution in [1.29, 1.82) is 0 Å². The average Bonchev–Trinajstić information content (AvgIpc) is 3.07. The van der Waals surface area contributed by atoms with Gasteiger partial charge in [-0.25, -0.2) is 14.8 Å². The van der Waals surface area contributed by atoms with Gasteiger partial charge in [0, 0.05) is 12.4 Å². The fourth-order valence-electron chi connectivity index (χ4n) is 2.39. The predicted octanol–water partition coefficient (Wildman–Crippen LogP) is 2.61. The van der Waals surface area contributed by atoms with E-state index in [0.29, 0.717) is 11.5 Å². The van der Waals surface area contributed by atoms with Crippen LogP contribution in [0.2, 0.25) is 0 Å². The molecule has 0 fully saturated rings. The number of aromatic nitrogens is 3. The molecule has 2 aromatic heterocycles. The summed E-state index contributed by atoms with van der Waals surface area (Å²) in [5, 5.41) is 2.73. The summed E-state index contributed by atoms with van der Waals surface area (Å²) in [5.74, 6) is 0.545. The van der Waals surface area contributed by atoms with Gasteiger partial charge in [0.1, 0.15) is 11.6 Å². The maximum Gasteiger partial charge on any atom is 0.338 e. The number of rotatable bonds is 4. The number of hydrogen-bond acceptors (Lipinski definition) is 5. The van der Waals surface area contributed by atoms with Gasteiger partial charge in [-0.15, -0.1) is 0 Å². The number of imidazole rings is 1. The van der Waals surface area contributed by atoms with Crippen molar-refractivity contribution in [3.05, 3.63) is 71.9 Å². The number of nitrogens with one attached hydrogen (secondary N) is 1. The van der Waals surface area contributed by atoms with Crippen LogP contribution in [0.15, 0.2) is 55.0 Å². The molecular formula is C18H16N4O3. The molecule has 1 N–H and O–H groups in total. The van der Waals surface area contributed by atoms with Crippen LogP contribution in [0, 0.1) is 6.92 Å². The number of benzene rings is 1. The summed E-state index contributed by atoms with van der Waals surface area (Å²) in [6.07, 6.45) is 5.05. The molecule has 0 atom stereocenters. The van der Waals surface area contributed by atoms with E-state index >= 15 is 0 Å². The van der Waals surface area contributed by atoms with Gasteiger partial charge in [-0.05, 0) is 31.2 Å². The Labute approximate surface area is 144 Å². The molecule has 3 aromatic rings. The van der Waals surface area contributed by atoms with E-state index in [0.717, 1.165) is 5.82 Å². The minimum atomic E-state index is -0.560. The summed E-state index contributed by atoms with van der Waals surface area (Å²) >= 11 is 0. The molecule has 0 aliphatic rings. The number of carbonyl (C=O) groups excluding carboxylic acids is 2. The van der Waals surface area contributed by atoms with E-state index in [1.807, 2.05) is 17.7 Å². The lowest BCUT2D eigenvalue weighted by Gasteiger charge is -2.09. The van der Waals surface area contributed by atoms with E-state index in [4.69, 9.17) is 4.74 Å². The van der Waals surface area contributed by atoms with Crippen LogP contribution in [0.4, 0.5) is 5.69 Å². The number of anilines is 1. The van der Waals surface area contributed by atoms with Crippen LogP contribution in [0.5, 0.6) is 0 Å². The second-order valence-electron chi connectivity index (χ2n) is 5.24. The molecule has 0 aliphatic carbocycles. The summed E-state index contributed by atoms with van der Waals surface area (Å²) in [5.41, 5.74) is 0.969. The first kappa shape index (κ1) is 16.4. The third-order valence-corrected chi connectivity index (χ3v) is 3.66. The van der Waals surface area contributed by atoms with Crippen LogP contribution in [0.25, 0.3) is 5.82 Å². The first-order valence-electron chi connectivity index (χ1n) is 7.55. The van der Waals surface area contributed by atoms with E-state index in [2.05, 4.69) is 15.3 Å². The maximum absolute atomic E-state index is 12.5. The van der Waals surface area contributed by atoms with E-state index in [-0.39, 0.29) is 11.1 Å². The van der Waals surface area contributed by atoms with Crippen LogP contribution in [-0.2, 0) is 4.74 Å².